The molecule has 2 unspecified atom stereocenters. The molecule has 0 aliphatic carbocycles. The van der Waals surface area contributed by atoms with Gasteiger partial charge in [0.2, 0.25) is 5.96 Å². The Hall–Kier alpha value is -3.93. The van der Waals surface area contributed by atoms with Crippen molar-refractivity contribution in [2.24, 2.45) is 4.99 Å². The minimum Gasteiger partial charge on any atom is -0.387 e. The van der Waals surface area contributed by atoms with Gasteiger partial charge in [0, 0.05) is 56.4 Å². The van der Waals surface area contributed by atoms with Crippen LogP contribution in [0.5, 0.6) is 0 Å². The number of piperazine rings is 1. The number of methoxy groups -OCH3 is 1. The van der Waals surface area contributed by atoms with Crippen molar-refractivity contribution in [3.63, 3.8) is 0 Å². The first kappa shape index (κ1) is 26.3. The number of aromatic nitrogens is 1. The first-order valence-corrected chi connectivity index (χ1v) is 13.8. The Labute approximate surface area is 234 Å². The van der Waals surface area contributed by atoms with Crippen molar-refractivity contribution >= 4 is 29.1 Å². The molecule has 0 saturated carbocycles. The number of pyridine rings is 1. The number of benzene rings is 1. The van der Waals surface area contributed by atoms with Crippen LogP contribution in [0.15, 0.2) is 65.3 Å². The molecule has 40 heavy (non-hydrogen) atoms. The van der Waals surface area contributed by atoms with Crippen molar-refractivity contribution in [3.05, 3.63) is 71.6 Å². The van der Waals surface area contributed by atoms with Crippen molar-refractivity contribution in [1.29, 1.82) is 0 Å². The van der Waals surface area contributed by atoms with E-state index in [-0.39, 0.29) is 5.91 Å². The number of guanidine groups is 1. The number of carbonyl (C=O) groups excluding carboxylic acids is 1. The maximum Gasteiger partial charge on any atom is 0.274 e. The number of allylic oxidation sites excluding steroid dienone is 1. The third-order valence-electron chi connectivity index (χ3n) is 7.76. The van der Waals surface area contributed by atoms with Crippen molar-refractivity contribution in [2.75, 3.05) is 62.1 Å². The van der Waals surface area contributed by atoms with Gasteiger partial charge in [0.25, 0.3) is 5.91 Å². The van der Waals surface area contributed by atoms with Crippen LogP contribution in [-0.4, -0.2) is 84.9 Å². The van der Waals surface area contributed by atoms with Crippen molar-refractivity contribution in [2.45, 2.75) is 31.7 Å². The van der Waals surface area contributed by atoms with E-state index in [4.69, 9.17) is 9.72 Å². The average molecular weight is 545 g/mol. The third kappa shape index (κ3) is 5.15. The Balaban J connectivity index is 1.26. The molecule has 2 fully saturated rings. The highest BCUT2D eigenvalue weighted by atomic mass is 16.5. The Kier molecular flexibility index (Phi) is 7.42. The van der Waals surface area contributed by atoms with E-state index in [0.717, 1.165) is 37.4 Å². The van der Waals surface area contributed by atoms with Crippen LogP contribution in [0.25, 0.3) is 0 Å². The summed E-state index contributed by atoms with van der Waals surface area (Å²) in [4.78, 5) is 27.4. The van der Waals surface area contributed by atoms with E-state index in [1.165, 1.54) is 5.69 Å². The average Bonchev–Trinajstić information content (AvgIpc) is 3.23. The van der Waals surface area contributed by atoms with Gasteiger partial charge in [0.15, 0.2) is 6.17 Å². The topological polar surface area (TPSA) is 109 Å². The number of nitrogens with one attached hydrogen (secondary N) is 2. The number of aliphatic hydroxyl groups is 1. The number of likely N-dealkylation sites (N-methyl/N-ethyl adjacent to an activating group) is 1. The molecule has 2 bridgehead atoms. The lowest BCUT2D eigenvalue weighted by Crippen LogP contribution is -2.53. The van der Waals surface area contributed by atoms with Gasteiger partial charge in [0.1, 0.15) is 5.82 Å². The summed E-state index contributed by atoms with van der Waals surface area (Å²) >= 11 is 0. The fraction of sp³-hybridized carbons (Fsp3) is 0.414. The zero-order chi connectivity index (χ0) is 27.6. The maximum atomic E-state index is 13.4. The van der Waals surface area contributed by atoms with Gasteiger partial charge in [-0.3, -0.25) is 4.79 Å². The number of anilines is 3. The van der Waals surface area contributed by atoms with E-state index in [0.29, 0.717) is 49.0 Å². The summed E-state index contributed by atoms with van der Waals surface area (Å²) in [6, 6.07) is 11.8. The van der Waals surface area contributed by atoms with Gasteiger partial charge in [-0.15, -0.1) is 0 Å². The van der Waals surface area contributed by atoms with Crippen LogP contribution >= 0.6 is 0 Å². The molecular formula is C29H36N8O3. The summed E-state index contributed by atoms with van der Waals surface area (Å²) in [5.41, 5.74) is 4.28. The van der Waals surface area contributed by atoms with E-state index in [9.17, 15) is 9.90 Å². The summed E-state index contributed by atoms with van der Waals surface area (Å²) in [5, 5.41) is 21.0. The second-order valence-corrected chi connectivity index (χ2v) is 10.5. The van der Waals surface area contributed by atoms with Gasteiger partial charge in [-0.05, 0) is 50.2 Å². The molecule has 1 aromatic carbocycles. The van der Waals surface area contributed by atoms with Gasteiger partial charge >= 0.3 is 0 Å². The number of amides is 1. The predicted molar refractivity (Wildman–Crippen MR) is 155 cm³/mol. The Morgan fingerprint density at radius 1 is 1.15 bits per heavy atom. The number of fused-ring (bicyclic) bond motifs is 6. The molecule has 0 radical (unpaired) electrons. The number of aliphatic imine (C=N–C) groups is 1. The summed E-state index contributed by atoms with van der Waals surface area (Å²) in [6.07, 6.45) is 5.70. The number of ether oxygens (including phenoxy) is 1. The van der Waals surface area contributed by atoms with Crippen molar-refractivity contribution in [1.82, 2.24) is 20.2 Å². The molecule has 4 aliphatic heterocycles. The molecule has 1 amide bonds. The standard InChI is InChI=1S/C29H36N8O3/c1-34-13-15-35(16-14-34)24-11-10-21(17-20(24)19-40-2)31-29-30-18-22-27(33-29)37-26-9-6-7-23(32-26)25(38)8-4-3-5-12-36(37)28(22)39/h3,5-7,9-11,17-18,25,27,38H,4,8,12-16,19H2,1-2H3,(H2,30,31,33)/b5-3-. The predicted octanol–water partition coefficient (Wildman–Crippen LogP) is 2.21. The third-order valence-corrected chi connectivity index (χ3v) is 7.76. The Morgan fingerprint density at radius 3 is 2.83 bits per heavy atom. The second kappa shape index (κ2) is 11.3. The smallest absolute Gasteiger partial charge is 0.274 e. The molecule has 11 nitrogen and oxygen atoms in total. The second-order valence-electron chi connectivity index (χ2n) is 10.5. The zero-order valence-electron chi connectivity index (χ0n) is 23.0. The van der Waals surface area contributed by atoms with Crippen LogP contribution in [0.1, 0.15) is 30.2 Å². The minimum atomic E-state index is -0.669. The molecule has 3 N–H and O–H groups in total. The molecular weight excluding hydrogens is 508 g/mol. The SMILES string of the molecule is COCc1cc(NC2=NC=C3C(=O)N4C/C=C\CCC(O)c5cccc(n5)N4C3N2)ccc1N1CCN(C)CC1. The number of hydrogen-bond donors (Lipinski definition) is 3. The van der Waals surface area contributed by atoms with Crippen molar-refractivity contribution in [3.8, 4) is 0 Å². The lowest BCUT2D eigenvalue weighted by molar-refractivity contribution is -0.124. The number of rotatable bonds is 4. The number of carbonyl (C=O) groups is 1. The number of hydrogen-bond acceptors (Lipinski definition) is 10. The van der Waals surface area contributed by atoms with Gasteiger partial charge in [0.05, 0.1) is 30.5 Å². The summed E-state index contributed by atoms with van der Waals surface area (Å²) in [7, 11) is 3.86. The normalized spacial score (nSPS) is 23.9. The van der Waals surface area contributed by atoms with Crippen LogP contribution in [0, 0.1) is 0 Å². The molecule has 210 valence electrons. The maximum absolute atomic E-state index is 13.4. The quantitative estimate of drug-likeness (QED) is 0.499. The van der Waals surface area contributed by atoms with Crippen LogP contribution in [0.4, 0.5) is 17.2 Å². The highest BCUT2D eigenvalue weighted by Gasteiger charge is 2.45. The minimum absolute atomic E-state index is 0.129. The molecule has 2 saturated heterocycles. The molecule has 4 aliphatic rings. The molecule has 6 rings (SSSR count). The number of nitrogens with zero attached hydrogens (tertiary/aromatic N) is 6. The molecule has 0 spiro atoms. The number of aliphatic hydroxyl groups excluding tert-OH is 1. The summed E-state index contributed by atoms with van der Waals surface area (Å²) < 4.78 is 5.53. The van der Waals surface area contributed by atoms with Crippen LogP contribution < -0.4 is 20.5 Å². The van der Waals surface area contributed by atoms with Gasteiger partial charge in [-0.2, -0.15) is 0 Å². The van der Waals surface area contributed by atoms with Gasteiger partial charge < -0.3 is 30.3 Å². The van der Waals surface area contributed by atoms with E-state index < -0.39 is 12.3 Å². The lowest BCUT2D eigenvalue weighted by Gasteiger charge is -2.35. The Morgan fingerprint density at radius 2 is 2.00 bits per heavy atom. The zero-order valence-corrected chi connectivity index (χ0v) is 23.0. The highest BCUT2D eigenvalue weighted by molar-refractivity contribution is 6.04. The van der Waals surface area contributed by atoms with E-state index in [2.05, 4.69) is 44.6 Å². The first-order chi connectivity index (χ1) is 19.5. The summed E-state index contributed by atoms with van der Waals surface area (Å²) in [5.74, 6) is 0.984. The van der Waals surface area contributed by atoms with E-state index in [1.807, 2.05) is 41.4 Å². The number of hydrazine groups is 1. The fourth-order valence-corrected chi connectivity index (χ4v) is 5.57. The molecule has 2 aromatic rings. The molecule has 2 atom stereocenters. The van der Waals surface area contributed by atoms with E-state index >= 15 is 0 Å². The molecule has 5 heterocycles. The van der Waals surface area contributed by atoms with Crippen LogP contribution in [-0.2, 0) is 16.1 Å². The van der Waals surface area contributed by atoms with E-state index in [1.54, 1.807) is 18.3 Å². The Bertz CT molecular complexity index is 1350. The fourth-order valence-electron chi connectivity index (χ4n) is 5.57. The monoisotopic (exact) mass is 544 g/mol. The van der Waals surface area contributed by atoms with Gasteiger partial charge in [-0.1, -0.05) is 18.2 Å². The van der Waals surface area contributed by atoms with Crippen LogP contribution in [0.2, 0.25) is 0 Å². The highest BCUT2D eigenvalue weighted by Crippen LogP contribution is 2.32. The van der Waals surface area contributed by atoms with Crippen molar-refractivity contribution < 1.29 is 14.6 Å². The molecule has 11 heteroatoms. The first-order valence-electron chi connectivity index (χ1n) is 13.8. The van der Waals surface area contributed by atoms with Gasteiger partial charge in [-0.25, -0.2) is 20.0 Å². The lowest BCUT2D eigenvalue weighted by atomic mass is 10.1. The largest absolute Gasteiger partial charge is 0.387 e. The molecule has 1 aromatic heterocycles. The van der Waals surface area contributed by atoms with Crippen LogP contribution in [0.3, 0.4) is 0 Å². The summed E-state index contributed by atoms with van der Waals surface area (Å²) in [6.45, 7) is 4.91.